The average Bonchev–Trinajstić information content (AvgIpc) is 3.34. The number of alkyl halides is 3. The maximum Gasteiger partial charge on any atom is 0.434 e. The van der Waals surface area contributed by atoms with E-state index >= 15 is 0 Å². The van der Waals surface area contributed by atoms with Gasteiger partial charge in [-0.15, -0.1) is 0 Å². The minimum absolute atomic E-state index is 0.0544. The van der Waals surface area contributed by atoms with Crippen LogP contribution >= 0.6 is 0 Å². The summed E-state index contributed by atoms with van der Waals surface area (Å²) in [5, 5.41) is 0. The highest BCUT2D eigenvalue weighted by molar-refractivity contribution is 5.90. The number of nitrogens with zero attached hydrogens (tertiary/aromatic N) is 4. The quantitative estimate of drug-likeness (QED) is 0.267. The molecule has 1 aromatic heterocycles. The van der Waals surface area contributed by atoms with E-state index in [-0.39, 0.29) is 24.1 Å². The molecule has 3 aliphatic heterocycles. The number of carbonyl (C=O) groups excluding carboxylic acids is 1. The van der Waals surface area contributed by atoms with Crippen LogP contribution in [0.5, 0.6) is 5.75 Å². The molecule has 0 unspecified atom stereocenters. The van der Waals surface area contributed by atoms with Crippen molar-refractivity contribution >= 4 is 17.6 Å². The molecule has 0 atom stereocenters. The zero-order valence-corrected chi connectivity index (χ0v) is 26.0. The summed E-state index contributed by atoms with van der Waals surface area (Å²) in [6.45, 7) is 5.02. The van der Waals surface area contributed by atoms with E-state index in [4.69, 9.17) is 14.2 Å². The number of esters is 1. The summed E-state index contributed by atoms with van der Waals surface area (Å²) in [5.74, 6) is 0.231. The van der Waals surface area contributed by atoms with E-state index in [1.807, 2.05) is 12.1 Å². The van der Waals surface area contributed by atoms with Gasteiger partial charge in [0.05, 0.1) is 6.61 Å². The Labute approximate surface area is 266 Å². The second-order valence-corrected chi connectivity index (χ2v) is 12.9. The molecule has 3 fully saturated rings. The lowest BCUT2D eigenvalue weighted by molar-refractivity contribution is -0.141. The number of aromatic nitrogens is 2. The fourth-order valence-electron chi connectivity index (χ4n) is 7.60. The van der Waals surface area contributed by atoms with E-state index in [9.17, 15) is 18.0 Å². The van der Waals surface area contributed by atoms with Crippen molar-refractivity contribution in [2.24, 2.45) is 0 Å². The average molecular weight is 637 g/mol. The fourth-order valence-corrected chi connectivity index (χ4v) is 7.60. The van der Waals surface area contributed by atoms with Crippen molar-refractivity contribution in [2.75, 3.05) is 44.4 Å². The topological polar surface area (TPSA) is 77.0 Å². The highest BCUT2D eigenvalue weighted by atomic mass is 19.4. The summed E-state index contributed by atoms with van der Waals surface area (Å²) in [7, 11) is 0. The van der Waals surface area contributed by atoms with Crippen LogP contribution in [0.2, 0.25) is 0 Å². The molecule has 4 aliphatic rings. The van der Waals surface area contributed by atoms with Crippen molar-refractivity contribution in [3.05, 3.63) is 77.1 Å². The van der Waals surface area contributed by atoms with Crippen LogP contribution in [0, 0.1) is 0 Å². The molecular formula is C35H39F3N4O4. The molecule has 1 aliphatic carbocycles. The zero-order chi connectivity index (χ0) is 31.9. The molecule has 11 heteroatoms. The van der Waals surface area contributed by atoms with Gasteiger partial charge < -0.3 is 24.0 Å². The van der Waals surface area contributed by atoms with Gasteiger partial charge in [-0.05, 0) is 80.7 Å². The highest BCUT2D eigenvalue weighted by Crippen LogP contribution is 2.50. The van der Waals surface area contributed by atoms with Crippen molar-refractivity contribution in [3.8, 4) is 5.75 Å². The van der Waals surface area contributed by atoms with Gasteiger partial charge in [0.1, 0.15) is 17.4 Å². The summed E-state index contributed by atoms with van der Waals surface area (Å²) in [5.41, 5.74) is 0.876. The lowest BCUT2D eigenvalue weighted by Crippen LogP contribution is -2.49. The summed E-state index contributed by atoms with van der Waals surface area (Å²) >= 11 is 0. The predicted octanol–water partition coefficient (Wildman–Crippen LogP) is 6.66. The van der Waals surface area contributed by atoms with E-state index in [1.54, 1.807) is 4.90 Å². The van der Waals surface area contributed by atoms with Crippen molar-refractivity contribution < 1.29 is 32.2 Å². The van der Waals surface area contributed by atoms with Crippen LogP contribution < -0.4 is 9.64 Å². The van der Waals surface area contributed by atoms with Crippen LogP contribution in [0.25, 0.3) is 0 Å². The third-order valence-electron chi connectivity index (χ3n) is 10.2. The molecule has 2 saturated heterocycles. The molecule has 0 N–H and O–H groups in total. The summed E-state index contributed by atoms with van der Waals surface area (Å²) in [4.78, 5) is 24.7. The predicted molar refractivity (Wildman–Crippen MR) is 166 cm³/mol. The van der Waals surface area contributed by atoms with Gasteiger partial charge >= 0.3 is 12.1 Å². The van der Waals surface area contributed by atoms with Crippen LogP contribution in [0.15, 0.2) is 54.7 Å². The number of fused-ring (bicyclic) bond motifs is 2. The van der Waals surface area contributed by atoms with Crippen molar-refractivity contribution in [1.29, 1.82) is 0 Å². The highest BCUT2D eigenvalue weighted by Gasteiger charge is 2.47. The summed E-state index contributed by atoms with van der Waals surface area (Å²) in [6.07, 6.45) is 1.94. The van der Waals surface area contributed by atoms with Crippen molar-refractivity contribution in [2.45, 2.75) is 75.1 Å². The Bertz CT molecular complexity index is 1550. The SMILES string of the molecule is CCOC(=O)c1cnc(N2CC3(CCOCC3)c3cc(OC4CCN(C5CC(c6ccccc6)C5)CC4)ccc32)nc1C(F)(F)F. The molecule has 1 spiro atoms. The lowest BCUT2D eigenvalue weighted by Gasteiger charge is -2.46. The Morgan fingerprint density at radius 1 is 1.07 bits per heavy atom. The van der Waals surface area contributed by atoms with Crippen LogP contribution in [0.1, 0.15) is 78.5 Å². The Kier molecular flexibility index (Phi) is 8.39. The normalized spacial score (nSPS) is 23.2. The first-order chi connectivity index (χ1) is 22.2. The number of likely N-dealkylation sites (tertiary alicyclic amines) is 1. The molecule has 3 aromatic rings. The largest absolute Gasteiger partial charge is 0.490 e. The minimum atomic E-state index is -4.85. The standard InChI is InChI=1S/C35H39F3N4O4/c1-2-45-32(43)28-21-39-33(40-31(28)35(36,37)38)42-22-34(12-16-44-17-13-34)29-20-27(8-9-30(29)42)46-26-10-14-41(15-11-26)25-18-24(19-25)23-6-4-3-5-7-23/h3-9,20-21,24-26H,2,10-19,22H2,1H3. The number of halogens is 3. The molecule has 8 nitrogen and oxygen atoms in total. The Morgan fingerprint density at radius 2 is 1.80 bits per heavy atom. The molecule has 4 heterocycles. The number of hydrogen-bond acceptors (Lipinski definition) is 8. The first-order valence-electron chi connectivity index (χ1n) is 16.3. The minimum Gasteiger partial charge on any atom is -0.490 e. The Balaban J connectivity index is 1.07. The lowest BCUT2D eigenvalue weighted by atomic mass is 9.74. The van der Waals surface area contributed by atoms with Gasteiger partial charge in [-0.2, -0.15) is 13.2 Å². The van der Waals surface area contributed by atoms with Gasteiger partial charge in [0.15, 0.2) is 5.69 Å². The van der Waals surface area contributed by atoms with Crippen molar-refractivity contribution in [3.63, 3.8) is 0 Å². The van der Waals surface area contributed by atoms with Gasteiger partial charge in [-0.3, -0.25) is 0 Å². The van der Waals surface area contributed by atoms with Gasteiger partial charge in [0.25, 0.3) is 0 Å². The zero-order valence-electron chi connectivity index (χ0n) is 26.0. The van der Waals surface area contributed by atoms with E-state index < -0.39 is 23.4 Å². The maximum atomic E-state index is 14.1. The van der Waals surface area contributed by atoms with Gasteiger partial charge in [-0.25, -0.2) is 14.8 Å². The number of carbonyl (C=O) groups is 1. The Morgan fingerprint density at radius 3 is 2.50 bits per heavy atom. The molecule has 0 radical (unpaired) electrons. The summed E-state index contributed by atoms with van der Waals surface area (Å²) in [6, 6.07) is 17.3. The number of hydrogen-bond donors (Lipinski definition) is 0. The van der Waals surface area contributed by atoms with E-state index in [2.05, 4.69) is 51.3 Å². The molecule has 244 valence electrons. The second kappa shape index (κ2) is 12.5. The van der Waals surface area contributed by atoms with Crippen molar-refractivity contribution in [1.82, 2.24) is 14.9 Å². The number of benzene rings is 2. The fraction of sp³-hybridized carbons (Fsp3) is 0.514. The molecule has 2 aromatic carbocycles. The van der Waals surface area contributed by atoms with Crippen LogP contribution in [0.4, 0.5) is 24.8 Å². The monoisotopic (exact) mass is 636 g/mol. The van der Waals surface area contributed by atoms with Gasteiger partial charge in [0.2, 0.25) is 5.95 Å². The molecular weight excluding hydrogens is 597 g/mol. The molecule has 46 heavy (non-hydrogen) atoms. The molecule has 0 bridgehead atoms. The van der Waals surface area contributed by atoms with Gasteiger partial charge in [0, 0.05) is 56.2 Å². The molecule has 1 saturated carbocycles. The first-order valence-corrected chi connectivity index (χ1v) is 16.3. The smallest absolute Gasteiger partial charge is 0.434 e. The number of ether oxygens (including phenoxy) is 3. The van der Waals surface area contributed by atoms with E-state index in [0.717, 1.165) is 62.0 Å². The number of anilines is 2. The van der Waals surface area contributed by atoms with E-state index in [1.165, 1.54) is 25.3 Å². The molecule has 7 rings (SSSR count). The number of piperidine rings is 1. The van der Waals surface area contributed by atoms with Crippen LogP contribution in [0.3, 0.4) is 0 Å². The first kappa shape index (κ1) is 30.9. The van der Waals surface area contributed by atoms with Gasteiger partial charge in [-0.1, -0.05) is 30.3 Å². The number of rotatable bonds is 7. The summed E-state index contributed by atoms with van der Waals surface area (Å²) < 4.78 is 59.3. The second-order valence-electron chi connectivity index (χ2n) is 12.9. The Hall–Kier alpha value is -3.70. The van der Waals surface area contributed by atoms with Crippen LogP contribution in [-0.4, -0.2) is 72.4 Å². The molecule has 0 amide bonds. The third kappa shape index (κ3) is 5.95. The third-order valence-corrected chi connectivity index (χ3v) is 10.2. The van der Waals surface area contributed by atoms with Crippen LogP contribution in [-0.2, 0) is 21.1 Å². The maximum absolute atomic E-state index is 14.1. The van der Waals surface area contributed by atoms with E-state index in [0.29, 0.717) is 31.7 Å².